The maximum absolute atomic E-state index is 11.8. The fourth-order valence-corrected chi connectivity index (χ4v) is 1.97. The average molecular weight is 209 g/mol. The fraction of sp³-hybridized carbons (Fsp3) is 0.600. The SMILES string of the molecule is NC1CCCC(C(=O)Nc2ccon2)C1. The number of aromatic nitrogens is 1. The number of rotatable bonds is 2. The molecule has 82 valence electrons. The van der Waals surface area contributed by atoms with Crippen molar-refractivity contribution in [1.29, 1.82) is 0 Å². The van der Waals surface area contributed by atoms with Crippen LogP contribution in [0.25, 0.3) is 0 Å². The Kier molecular flexibility index (Phi) is 3.01. The van der Waals surface area contributed by atoms with Gasteiger partial charge in [-0.1, -0.05) is 11.6 Å². The van der Waals surface area contributed by atoms with E-state index in [4.69, 9.17) is 5.73 Å². The number of hydrogen-bond acceptors (Lipinski definition) is 4. The van der Waals surface area contributed by atoms with E-state index in [0.717, 1.165) is 25.7 Å². The highest BCUT2D eigenvalue weighted by Crippen LogP contribution is 2.24. The van der Waals surface area contributed by atoms with Gasteiger partial charge in [0, 0.05) is 18.0 Å². The van der Waals surface area contributed by atoms with Crippen LogP contribution < -0.4 is 11.1 Å². The van der Waals surface area contributed by atoms with Crippen LogP contribution in [0.1, 0.15) is 25.7 Å². The lowest BCUT2D eigenvalue weighted by Gasteiger charge is -2.25. The lowest BCUT2D eigenvalue weighted by Crippen LogP contribution is -2.34. The number of carbonyl (C=O) groups excluding carboxylic acids is 1. The summed E-state index contributed by atoms with van der Waals surface area (Å²) in [6.45, 7) is 0. The van der Waals surface area contributed by atoms with E-state index >= 15 is 0 Å². The fourth-order valence-electron chi connectivity index (χ4n) is 1.97. The number of nitrogens with zero attached hydrogens (tertiary/aromatic N) is 1. The number of hydrogen-bond donors (Lipinski definition) is 2. The monoisotopic (exact) mass is 209 g/mol. The Balaban J connectivity index is 1.90. The van der Waals surface area contributed by atoms with Crippen molar-refractivity contribution >= 4 is 11.7 Å². The first-order valence-electron chi connectivity index (χ1n) is 5.22. The summed E-state index contributed by atoms with van der Waals surface area (Å²) in [5, 5.41) is 6.34. The number of nitrogens with one attached hydrogen (secondary N) is 1. The zero-order valence-corrected chi connectivity index (χ0v) is 8.48. The molecule has 1 aliphatic carbocycles. The van der Waals surface area contributed by atoms with Gasteiger partial charge in [0.15, 0.2) is 5.82 Å². The number of carbonyl (C=O) groups is 1. The summed E-state index contributed by atoms with van der Waals surface area (Å²) in [4.78, 5) is 11.8. The van der Waals surface area contributed by atoms with Crippen LogP contribution in [0.5, 0.6) is 0 Å². The van der Waals surface area contributed by atoms with Crippen molar-refractivity contribution in [2.75, 3.05) is 5.32 Å². The zero-order chi connectivity index (χ0) is 10.7. The van der Waals surface area contributed by atoms with Gasteiger partial charge in [0.2, 0.25) is 5.91 Å². The molecule has 0 aromatic carbocycles. The van der Waals surface area contributed by atoms with Crippen LogP contribution in [0, 0.1) is 5.92 Å². The summed E-state index contributed by atoms with van der Waals surface area (Å²) >= 11 is 0. The van der Waals surface area contributed by atoms with Gasteiger partial charge < -0.3 is 15.6 Å². The first-order chi connectivity index (χ1) is 7.25. The molecule has 1 fully saturated rings. The van der Waals surface area contributed by atoms with Gasteiger partial charge in [-0.2, -0.15) is 0 Å². The molecule has 2 rings (SSSR count). The maximum Gasteiger partial charge on any atom is 0.228 e. The minimum Gasteiger partial charge on any atom is -0.363 e. The Morgan fingerprint density at radius 3 is 3.13 bits per heavy atom. The number of nitrogens with two attached hydrogens (primary N) is 1. The summed E-state index contributed by atoms with van der Waals surface area (Å²) < 4.78 is 4.63. The zero-order valence-electron chi connectivity index (χ0n) is 8.48. The highest BCUT2D eigenvalue weighted by Gasteiger charge is 2.25. The first kappa shape index (κ1) is 10.2. The highest BCUT2D eigenvalue weighted by atomic mass is 16.5. The molecule has 0 saturated heterocycles. The maximum atomic E-state index is 11.8. The van der Waals surface area contributed by atoms with Crippen LogP contribution >= 0.6 is 0 Å². The molecular weight excluding hydrogens is 194 g/mol. The van der Waals surface area contributed by atoms with E-state index in [1.165, 1.54) is 6.26 Å². The molecule has 1 amide bonds. The molecule has 2 unspecified atom stereocenters. The Bertz CT molecular complexity index is 323. The molecule has 2 atom stereocenters. The van der Waals surface area contributed by atoms with E-state index in [-0.39, 0.29) is 17.9 Å². The van der Waals surface area contributed by atoms with Gasteiger partial charge in [-0.05, 0) is 19.3 Å². The molecule has 3 N–H and O–H groups in total. The molecule has 1 heterocycles. The standard InChI is InChI=1S/C10H15N3O2/c11-8-3-1-2-7(6-8)10(14)12-9-4-5-15-13-9/h4-5,7-8H,1-3,6,11H2,(H,12,13,14). The quantitative estimate of drug-likeness (QED) is 0.765. The predicted molar refractivity (Wildman–Crippen MR) is 55.1 cm³/mol. The predicted octanol–water partition coefficient (Wildman–Crippen LogP) is 1.13. The molecule has 5 nitrogen and oxygen atoms in total. The van der Waals surface area contributed by atoms with E-state index in [0.29, 0.717) is 5.82 Å². The molecule has 1 aromatic heterocycles. The van der Waals surface area contributed by atoms with E-state index in [1.54, 1.807) is 6.07 Å². The highest BCUT2D eigenvalue weighted by molar-refractivity contribution is 5.91. The van der Waals surface area contributed by atoms with Crippen LogP contribution in [-0.2, 0) is 4.79 Å². The molecule has 1 aromatic rings. The minimum absolute atomic E-state index is 0.000880. The molecule has 0 spiro atoms. The average Bonchev–Trinajstić information content (AvgIpc) is 2.70. The van der Waals surface area contributed by atoms with E-state index in [2.05, 4.69) is 15.0 Å². The van der Waals surface area contributed by atoms with Gasteiger partial charge >= 0.3 is 0 Å². The molecular formula is C10H15N3O2. The van der Waals surface area contributed by atoms with E-state index in [1.807, 2.05) is 0 Å². The minimum atomic E-state index is -0.000880. The van der Waals surface area contributed by atoms with Crippen molar-refractivity contribution in [1.82, 2.24) is 5.16 Å². The van der Waals surface area contributed by atoms with Crippen molar-refractivity contribution in [3.63, 3.8) is 0 Å². The van der Waals surface area contributed by atoms with E-state index < -0.39 is 0 Å². The van der Waals surface area contributed by atoms with Crippen LogP contribution in [0.4, 0.5) is 5.82 Å². The first-order valence-corrected chi connectivity index (χ1v) is 5.22. The normalized spacial score (nSPS) is 26.2. The second kappa shape index (κ2) is 4.44. The van der Waals surface area contributed by atoms with Gasteiger partial charge in [-0.15, -0.1) is 0 Å². The van der Waals surface area contributed by atoms with Gasteiger partial charge in [-0.25, -0.2) is 0 Å². The van der Waals surface area contributed by atoms with Crippen LogP contribution in [-0.4, -0.2) is 17.1 Å². The van der Waals surface area contributed by atoms with Gasteiger partial charge in [-0.3, -0.25) is 4.79 Å². The molecule has 0 bridgehead atoms. The number of amides is 1. The topological polar surface area (TPSA) is 81.2 Å². The van der Waals surface area contributed by atoms with Gasteiger partial charge in [0.1, 0.15) is 6.26 Å². The molecule has 1 aliphatic rings. The largest absolute Gasteiger partial charge is 0.363 e. The Morgan fingerprint density at radius 1 is 1.60 bits per heavy atom. The Labute approximate surface area is 88.0 Å². The molecule has 0 aliphatic heterocycles. The van der Waals surface area contributed by atoms with Crippen LogP contribution in [0.3, 0.4) is 0 Å². The van der Waals surface area contributed by atoms with Gasteiger partial charge in [0.25, 0.3) is 0 Å². The third-order valence-electron chi connectivity index (χ3n) is 2.77. The summed E-state index contributed by atoms with van der Waals surface area (Å²) in [6, 6.07) is 1.78. The molecule has 0 radical (unpaired) electrons. The van der Waals surface area contributed by atoms with E-state index in [9.17, 15) is 4.79 Å². The van der Waals surface area contributed by atoms with Crippen LogP contribution in [0.15, 0.2) is 16.9 Å². The Morgan fingerprint density at radius 2 is 2.47 bits per heavy atom. The number of anilines is 1. The van der Waals surface area contributed by atoms with Crippen molar-refractivity contribution < 1.29 is 9.32 Å². The summed E-state index contributed by atoms with van der Waals surface area (Å²) in [7, 11) is 0. The third kappa shape index (κ3) is 2.56. The van der Waals surface area contributed by atoms with Crippen molar-refractivity contribution in [2.45, 2.75) is 31.7 Å². The van der Waals surface area contributed by atoms with Crippen molar-refractivity contribution in [3.8, 4) is 0 Å². The second-order valence-corrected chi connectivity index (χ2v) is 4.00. The Hall–Kier alpha value is -1.36. The van der Waals surface area contributed by atoms with Crippen LogP contribution in [0.2, 0.25) is 0 Å². The lowest BCUT2D eigenvalue weighted by atomic mass is 9.85. The van der Waals surface area contributed by atoms with Crippen molar-refractivity contribution in [3.05, 3.63) is 12.3 Å². The molecule has 5 heteroatoms. The third-order valence-corrected chi connectivity index (χ3v) is 2.77. The summed E-state index contributed by atoms with van der Waals surface area (Å²) in [6.07, 6.45) is 5.16. The summed E-state index contributed by atoms with van der Waals surface area (Å²) in [5.74, 6) is 0.489. The second-order valence-electron chi connectivity index (χ2n) is 4.00. The van der Waals surface area contributed by atoms with Crippen molar-refractivity contribution in [2.24, 2.45) is 11.7 Å². The van der Waals surface area contributed by atoms with Gasteiger partial charge in [0.05, 0.1) is 0 Å². The summed E-state index contributed by atoms with van der Waals surface area (Å²) in [5.41, 5.74) is 5.82. The smallest absolute Gasteiger partial charge is 0.228 e. The lowest BCUT2D eigenvalue weighted by molar-refractivity contribution is -0.120. The molecule has 15 heavy (non-hydrogen) atoms. The molecule has 1 saturated carbocycles.